The molecule has 0 bridgehead atoms. The van der Waals surface area contributed by atoms with Crippen molar-refractivity contribution in [2.75, 3.05) is 26.7 Å². The van der Waals surface area contributed by atoms with Crippen molar-refractivity contribution in [3.8, 4) is 0 Å². The fraction of sp³-hybridized carbons (Fsp3) is 0.500. The lowest BCUT2D eigenvalue weighted by Crippen LogP contribution is -2.41. The number of nitrogens with one attached hydrogen (secondary N) is 1. The molecule has 0 saturated carbocycles. The lowest BCUT2D eigenvalue weighted by molar-refractivity contribution is -0.385. The van der Waals surface area contributed by atoms with Crippen molar-refractivity contribution in [2.24, 2.45) is 5.92 Å². The van der Waals surface area contributed by atoms with Gasteiger partial charge in [0, 0.05) is 31.8 Å². The Morgan fingerprint density at radius 2 is 2.08 bits per heavy atom. The van der Waals surface area contributed by atoms with Gasteiger partial charge in [-0.15, -0.1) is 0 Å². The SMILES string of the molecule is COC(=O)N1CCC(CNS(=O)(=O)c2cccc([N+](=O)[O-])c2)CC1. The Morgan fingerprint density at radius 1 is 1.42 bits per heavy atom. The molecule has 1 aliphatic rings. The van der Waals surface area contributed by atoms with Crippen LogP contribution in [0, 0.1) is 16.0 Å². The van der Waals surface area contributed by atoms with Crippen molar-refractivity contribution in [1.82, 2.24) is 9.62 Å². The molecule has 9 nitrogen and oxygen atoms in total. The third-order valence-electron chi connectivity index (χ3n) is 3.95. The third kappa shape index (κ3) is 4.42. The lowest BCUT2D eigenvalue weighted by atomic mass is 9.97. The molecule has 0 spiro atoms. The van der Waals surface area contributed by atoms with Gasteiger partial charge in [-0.05, 0) is 24.8 Å². The molecule has 1 amide bonds. The first-order valence-electron chi connectivity index (χ1n) is 7.40. The number of ether oxygens (including phenoxy) is 1. The summed E-state index contributed by atoms with van der Waals surface area (Å²) >= 11 is 0. The predicted molar refractivity (Wildman–Crippen MR) is 85.0 cm³/mol. The summed E-state index contributed by atoms with van der Waals surface area (Å²) in [6.45, 7) is 1.24. The second-order valence-electron chi connectivity index (χ2n) is 5.51. The first-order chi connectivity index (χ1) is 11.3. The van der Waals surface area contributed by atoms with Crippen molar-refractivity contribution in [3.63, 3.8) is 0 Å². The number of rotatable bonds is 5. The molecule has 0 aromatic heterocycles. The number of piperidine rings is 1. The van der Waals surface area contributed by atoms with Gasteiger partial charge in [0.25, 0.3) is 5.69 Å². The first kappa shape index (κ1) is 18.1. The number of methoxy groups -OCH3 is 1. The standard InChI is InChI=1S/C14H19N3O6S/c1-23-14(18)16-7-5-11(6-8-16)10-15-24(21,22)13-4-2-3-12(9-13)17(19)20/h2-4,9,11,15H,5-8,10H2,1H3. The molecular formula is C14H19N3O6S. The molecule has 1 aromatic rings. The number of benzene rings is 1. The van der Waals surface area contributed by atoms with Gasteiger partial charge in [0.15, 0.2) is 0 Å². The lowest BCUT2D eigenvalue weighted by Gasteiger charge is -2.30. The fourth-order valence-corrected chi connectivity index (χ4v) is 3.68. The van der Waals surface area contributed by atoms with E-state index in [-0.39, 0.29) is 29.1 Å². The summed E-state index contributed by atoms with van der Waals surface area (Å²) in [7, 11) is -2.49. The van der Waals surface area contributed by atoms with Crippen LogP contribution in [0.3, 0.4) is 0 Å². The second kappa shape index (κ2) is 7.58. The molecule has 1 N–H and O–H groups in total. The Morgan fingerprint density at radius 3 is 2.67 bits per heavy atom. The van der Waals surface area contributed by atoms with E-state index in [1.54, 1.807) is 4.90 Å². The molecule has 24 heavy (non-hydrogen) atoms. The van der Waals surface area contributed by atoms with Gasteiger partial charge < -0.3 is 9.64 Å². The number of nitrogens with zero attached hydrogens (tertiary/aromatic N) is 2. The molecule has 0 unspecified atom stereocenters. The normalized spacial score (nSPS) is 16.0. The Labute approximate surface area is 139 Å². The Hall–Kier alpha value is -2.20. The van der Waals surface area contributed by atoms with Crippen LogP contribution in [0.1, 0.15) is 12.8 Å². The van der Waals surface area contributed by atoms with Crippen LogP contribution < -0.4 is 4.72 Å². The van der Waals surface area contributed by atoms with E-state index in [2.05, 4.69) is 9.46 Å². The topological polar surface area (TPSA) is 119 Å². The quantitative estimate of drug-likeness (QED) is 0.627. The molecule has 1 aromatic carbocycles. The summed E-state index contributed by atoms with van der Waals surface area (Å²) in [5.74, 6) is 0.0966. The number of sulfonamides is 1. The minimum atomic E-state index is -3.81. The Bertz CT molecular complexity index is 713. The van der Waals surface area contributed by atoms with Crippen molar-refractivity contribution < 1.29 is 22.9 Å². The smallest absolute Gasteiger partial charge is 0.409 e. The molecule has 1 fully saturated rings. The molecule has 2 rings (SSSR count). The Kier molecular flexibility index (Phi) is 5.73. The van der Waals surface area contributed by atoms with Gasteiger partial charge >= 0.3 is 6.09 Å². The maximum absolute atomic E-state index is 12.3. The maximum atomic E-state index is 12.3. The summed E-state index contributed by atoms with van der Waals surface area (Å²) in [5, 5.41) is 10.7. The molecule has 1 heterocycles. The number of nitro benzene ring substituents is 1. The molecule has 0 radical (unpaired) electrons. The van der Waals surface area contributed by atoms with E-state index in [0.29, 0.717) is 25.9 Å². The van der Waals surface area contributed by atoms with E-state index in [1.807, 2.05) is 0 Å². The highest BCUT2D eigenvalue weighted by atomic mass is 32.2. The number of nitro groups is 1. The van der Waals surface area contributed by atoms with Crippen LogP contribution >= 0.6 is 0 Å². The van der Waals surface area contributed by atoms with E-state index in [4.69, 9.17) is 0 Å². The monoisotopic (exact) mass is 357 g/mol. The number of carbonyl (C=O) groups is 1. The predicted octanol–water partition coefficient (Wildman–Crippen LogP) is 1.35. The number of likely N-dealkylation sites (tertiary alicyclic amines) is 1. The van der Waals surface area contributed by atoms with Gasteiger partial charge in [-0.25, -0.2) is 17.9 Å². The molecular weight excluding hydrogens is 338 g/mol. The highest BCUT2D eigenvalue weighted by Gasteiger charge is 2.25. The van der Waals surface area contributed by atoms with Crippen LogP contribution in [-0.4, -0.2) is 51.1 Å². The van der Waals surface area contributed by atoms with Crippen LogP contribution in [0.2, 0.25) is 0 Å². The zero-order chi connectivity index (χ0) is 17.7. The average Bonchev–Trinajstić information content (AvgIpc) is 2.60. The van der Waals surface area contributed by atoms with Gasteiger partial charge in [0.05, 0.1) is 16.9 Å². The van der Waals surface area contributed by atoms with Crippen LogP contribution in [0.25, 0.3) is 0 Å². The highest BCUT2D eigenvalue weighted by molar-refractivity contribution is 7.89. The average molecular weight is 357 g/mol. The summed E-state index contributed by atoms with van der Waals surface area (Å²) in [6.07, 6.45) is 0.935. The van der Waals surface area contributed by atoms with Gasteiger partial charge in [0.2, 0.25) is 10.0 Å². The second-order valence-corrected chi connectivity index (χ2v) is 7.27. The van der Waals surface area contributed by atoms with Crippen molar-refractivity contribution in [2.45, 2.75) is 17.7 Å². The van der Waals surface area contributed by atoms with E-state index in [1.165, 1.54) is 25.3 Å². The largest absolute Gasteiger partial charge is 0.453 e. The first-order valence-corrected chi connectivity index (χ1v) is 8.89. The van der Waals surface area contributed by atoms with Crippen LogP contribution in [0.15, 0.2) is 29.2 Å². The zero-order valence-electron chi connectivity index (χ0n) is 13.2. The summed E-state index contributed by atoms with van der Waals surface area (Å²) in [6, 6.07) is 4.92. The fourth-order valence-electron chi connectivity index (χ4n) is 2.52. The molecule has 0 atom stereocenters. The highest BCUT2D eigenvalue weighted by Crippen LogP contribution is 2.20. The number of hydrogen-bond acceptors (Lipinski definition) is 6. The van der Waals surface area contributed by atoms with E-state index in [9.17, 15) is 23.3 Å². The van der Waals surface area contributed by atoms with Gasteiger partial charge in [-0.2, -0.15) is 0 Å². The summed E-state index contributed by atoms with van der Waals surface area (Å²) < 4.78 is 31.6. The van der Waals surface area contributed by atoms with E-state index < -0.39 is 14.9 Å². The molecule has 1 saturated heterocycles. The number of amides is 1. The number of hydrogen-bond donors (Lipinski definition) is 1. The maximum Gasteiger partial charge on any atom is 0.409 e. The number of non-ortho nitro benzene ring substituents is 1. The van der Waals surface area contributed by atoms with Gasteiger partial charge in [-0.1, -0.05) is 6.07 Å². The minimum absolute atomic E-state index is 0.0966. The van der Waals surface area contributed by atoms with Crippen molar-refractivity contribution in [3.05, 3.63) is 34.4 Å². The van der Waals surface area contributed by atoms with Gasteiger partial charge in [-0.3, -0.25) is 10.1 Å². The summed E-state index contributed by atoms with van der Waals surface area (Å²) in [4.78, 5) is 22.9. The van der Waals surface area contributed by atoms with E-state index in [0.717, 1.165) is 6.07 Å². The molecule has 132 valence electrons. The minimum Gasteiger partial charge on any atom is -0.453 e. The van der Waals surface area contributed by atoms with Crippen molar-refractivity contribution >= 4 is 21.8 Å². The third-order valence-corrected chi connectivity index (χ3v) is 5.37. The Balaban J connectivity index is 1.93. The number of carbonyl (C=O) groups excluding carboxylic acids is 1. The molecule has 1 aliphatic heterocycles. The van der Waals surface area contributed by atoms with E-state index >= 15 is 0 Å². The van der Waals surface area contributed by atoms with Crippen LogP contribution in [-0.2, 0) is 14.8 Å². The van der Waals surface area contributed by atoms with Crippen molar-refractivity contribution in [1.29, 1.82) is 0 Å². The van der Waals surface area contributed by atoms with Crippen LogP contribution in [0.4, 0.5) is 10.5 Å². The zero-order valence-corrected chi connectivity index (χ0v) is 14.0. The molecule has 0 aliphatic carbocycles. The summed E-state index contributed by atoms with van der Waals surface area (Å²) in [5.41, 5.74) is -0.274. The molecule has 10 heteroatoms. The van der Waals surface area contributed by atoms with Gasteiger partial charge in [0.1, 0.15) is 0 Å². The van der Waals surface area contributed by atoms with Crippen LogP contribution in [0.5, 0.6) is 0 Å².